The highest BCUT2D eigenvalue weighted by atomic mass is 31.1. The van der Waals surface area contributed by atoms with Crippen LogP contribution in [0.1, 0.15) is 82.1 Å². The molecule has 0 aliphatic rings. The van der Waals surface area contributed by atoms with Gasteiger partial charge in [-0.2, -0.15) is 0 Å². The van der Waals surface area contributed by atoms with E-state index in [9.17, 15) is 0 Å². The molecule has 0 saturated carbocycles. The van der Waals surface area contributed by atoms with Gasteiger partial charge in [-0.1, -0.05) is 69.2 Å². The molecule has 0 spiro atoms. The molecule has 2 atom stereocenters. The minimum Gasteiger partial charge on any atom is -0.104 e. The fraction of sp³-hybridized carbons (Fsp3) is 1.00. The lowest BCUT2D eigenvalue weighted by Gasteiger charge is -2.41. The predicted molar refractivity (Wildman–Crippen MR) is 112 cm³/mol. The summed E-state index contributed by atoms with van der Waals surface area (Å²) in [6, 6.07) is 0. The Kier molecular flexibility index (Phi) is 8.13. The topological polar surface area (TPSA) is 0 Å². The molecule has 0 aliphatic heterocycles. The number of hydrogen-bond donors (Lipinski definition) is 0. The summed E-state index contributed by atoms with van der Waals surface area (Å²) in [6.45, 7) is 29.4. The highest BCUT2D eigenvalue weighted by Crippen LogP contribution is 2.57. The average molecular weight is 347 g/mol. The standard InChI is InChI=1S/C20H44P2/c1-17(2,3)15-19(7,8)21(11)13-14-22(12)20(9,10)16-18(4,5)6/h13-16H2,1-12H3/t21-,22-/m1/s1. The van der Waals surface area contributed by atoms with E-state index in [1.54, 1.807) is 0 Å². The highest BCUT2D eigenvalue weighted by Gasteiger charge is 2.33. The fourth-order valence-corrected chi connectivity index (χ4v) is 8.87. The van der Waals surface area contributed by atoms with Crippen LogP contribution in [0, 0.1) is 10.8 Å². The minimum absolute atomic E-state index is 0.115. The average Bonchev–Trinajstić information content (AvgIpc) is 2.17. The van der Waals surface area contributed by atoms with Crippen molar-refractivity contribution in [1.29, 1.82) is 0 Å². The third kappa shape index (κ3) is 9.23. The molecule has 134 valence electrons. The summed E-state index contributed by atoms with van der Waals surface area (Å²) in [5.74, 6) is 0. The van der Waals surface area contributed by atoms with Crippen molar-refractivity contribution < 1.29 is 0 Å². The second kappa shape index (κ2) is 7.83. The summed E-state index contributed by atoms with van der Waals surface area (Å²) in [5.41, 5.74) is 0.894. The first-order valence-electron chi connectivity index (χ1n) is 8.89. The van der Waals surface area contributed by atoms with Gasteiger partial charge in [0, 0.05) is 0 Å². The Morgan fingerprint density at radius 2 is 0.727 bits per heavy atom. The summed E-state index contributed by atoms with van der Waals surface area (Å²) in [7, 11) is 0.231. The minimum atomic E-state index is 0.115. The first-order valence-corrected chi connectivity index (χ1v) is 12.8. The van der Waals surface area contributed by atoms with Gasteiger partial charge in [0.25, 0.3) is 0 Å². The molecule has 0 aliphatic carbocycles. The Bertz CT molecular complexity index is 295. The zero-order valence-corrected chi connectivity index (χ0v) is 19.5. The number of rotatable bonds is 7. The Balaban J connectivity index is 4.60. The van der Waals surface area contributed by atoms with Crippen LogP contribution < -0.4 is 0 Å². The van der Waals surface area contributed by atoms with E-state index in [1.807, 2.05) is 0 Å². The lowest BCUT2D eigenvalue weighted by Crippen LogP contribution is -2.28. The van der Waals surface area contributed by atoms with Crippen molar-refractivity contribution in [3.63, 3.8) is 0 Å². The van der Waals surface area contributed by atoms with Gasteiger partial charge < -0.3 is 0 Å². The van der Waals surface area contributed by atoms with Crippen molar-refractivity contribution in [3.8, 4) is 0 Å². The predicted octanol–water partition coefficient (Wildman–Crippen LogP) is 7.64. The van der Waals surface area contributed by atoms with E-state index < -0.39 is 0 Å². The summed E-state index contributed by atoms with van der Waals surface area (Å²) in [5, 5.41) is 1.02. The van der Waals surface area contributed by atoms with Crippen molar-refractivity contribution in [2.75, 3.05) is 25.7 Å². The number of hydrogen-bond acceptors (Lipinski definition) is 0. The maximum atomic E-state index is 2.54. The van der Waals surface area contributed by atoms with Crippen LogP contribution >= 0.6 is 15.8 Å². The Labute approximate surface area is 145 Å². The van der Waals surface area contributed by atoms with E-state index in [-0.39, 0.29) is 15.8 Å². The fourth-order valence-electron chi connectivity index (χ4n) is 3.77. The lowest BCUT2D eigenvalue weighted by molar-refractivity contribution is 0.335. The molecule has 0 aromatic carbocycles. The van der Waals surface area contributed by atoms with Crippen LogP contribution in [-0.4, -0.2) is 36.0 Å². The first kappa shape index (κ1) is 22.9. The van der Waals surface area contributed by atoms with Crippen molar-refractivity contribution in [3.05, 3.63) is 0 Å². The van der Waals surface area contributed by atoms with E-state index >= 15 is 0 Å². The molecule has 22 heavy (non-hydrogen) atoms. The molecule has 0 amide bonds. The van der Waals surface area contributed by atoms with Crippen LogP contribution in [-0.2, 0) is 0 Å². The van der Waals surface area contributed by atoms with Gasteiger partial charge in [0.15, 0.2) is 0 Å². The zero-order chi connectivity index (χ0) is 18.0. The zero-order valence-electron chi connectivity index (χ0n) is 17.7. The molecule has 0 unspecified atom stereocenters. The SMILES string of the molecule is C[P@](CC[P@@](C)C(C)(C)CC(C)(C)C)C(C)(C)CC(C)(C)C. The Hall–Kier alpha value is 0.860. The van der Waals surface area contributed by atoms with Crippen molar-refractivity contribution in [2.24, 2.45) is 10.8 Å². The van der Waals surface area contributed by atoms with E-state index in [2.05, 4.69) is 82.6 Å². The normalized spacial score (nSPS) is 17.5. The maximum Gasteiger partial charge on any atom is -0.0148 e. The van der Waals surface area contributed by atoms with Gasteiger partial charge in [-0.05, 0) is 59.6 Å². The van der Waals surface area contributed by atoms with Crippen LogP contribution in [0.15, 0.2) is 0 Å². The van der Waals surface area contributed by atoms with Crippen LogP contribution in [0.4, 0.5) is 0 Å². The molecule has 0 saturated heterocycles. The third-order valence-corrected chi connectivity index (χ3v) is 11.4. The first-order chi connectivity index (χ1) is 9.46. The second-order valence-electron chi connectivity index (χ2n) is 10.9. The summed E-state index contributed by atoms with van der Waals surface area (Å²) in [6.07, 6.45) is 5.59. The Morgan fingerprint density at radius 3 is 0.909 bits per heavy atom. The van der Waals surface area contributed by atoms with Gasteiger partial charge in [0.2, 0.25) is 0 Å². The molecule has 0 rings (SSSR count). The van der Waals surface area contributed by atoms with Crippen molar-refractivity contribution in [1.82, 2.24) is 0 Å². The molecular formula is C20H44P2. The van der Waals surface area contributed by atoms with E-state index in [1.165, 1.54) is 25.2 Å². The van der Waals surface area contributed by atoms with E-state index in [4.69, 9.17) is 0 Å². The summed E-state index contributed by atoms with van der Waals surface area (Å²) < 4.78 is 0. The molecule has 0 aromatic heterocycles. The summed E-state index contributed by atoms with van der Waals surface area (Å²) >= 11 is 0. The highest BCUT2D eigenvalue weighted by molar-refractivity contribution is 7.62. The monoisotopic (exact) mass is 346 g/mol. The van der Waals surface area contributed by atoms with Crippen LogP contribution in [0.25, 0.3) is 0 Å². The van der Waals surface area contributed by atoms with Gasteiger partial charge >= 0.3 is 0 Å². The molecule has 2 heteroatoms. The maximum absolute atomic E-state index is 2.54. The van der Waals surface area contributed by atoms with Gasteiger partial charge in [0.05, 0.1) is 0 Å². The van der Waals surface area contributed by atoms with Gasteiger partial charge in [-0.25, -0.2) is 0 Å². The second-order valence-corrected chi connectivity index (χ2v) is 17.1. The van der Waals surface area contributed by atoms with Crippen molar-refractivity contribution in [2.45, 2.75) is 92.4 Å². The molecule has 0 nitrogen and oxygen atoms in total. The van der Waals surface area contributed by atoms with Crippen molar-refractivity contribution >= 4 is 15.8 Å². The van der Waals surface area contributed by atoms with Gasteiger partial charge in [0.1, 0.15) is 0 Å². The van der Waals surface area contributed by atoms with E-state index in [0.29, 0.717) is 21.1 Å². The third-order valence-electron chi connectivity index (χ3n) is 4.76. The van der Waals surface area contributed by atoms with Crippen LogP contribution in [0.3, 0.4) is 0 Å². The van der Waals surface area contributed by atoms with E-state index in [0.717, 1.165) is 0 Å². The molecule has 0 bridgehead atoms. The largest absolute Gasteiger partial charge is 0.104 e. The quantitative estimate of drug-likeness (QED) is 0.415. The molecule has 0 fully saturated rings. The molecular weight excluding hydrogens is 302 g/mol. The lowest BCUT2D eigenvalue weighted by atomic mass is 9.86. The molecule has 0 heterocycles. The molecule has 0 radical (unpaired) electrons. The van der Waals surface area contributed by atoms with Crippen LogP contribution in [0.2, 0.25) is 0 Å². The van der Waals surface area contributed by atoms with Gasteiger partial charge in [-0.3, -0.25) is 0 Å². The summed E-state index contributed by atoms with van der Waals surface area (Å²) in [4.78, 5) is 0. The molecule has 0 aromatic rings. The van der Waals surface area contributed by atoms with Gasteiger partial charge in [-0.15, -0.1) is 15.8 Å². The smallest absolute Gasteiger partial charge is 0.0148 e. The Morgan fingerprint density at radius 1 is 0.500 bits per heavy atom. The molecule has 0 N–H and O–H groups in total. The van der Waals surface area contributed by atoms with Crippen LogP contribution in [0.5, 0.6) is 0 Å².